The van der Waals surface area contributed by atoms with Crippen LogP contribution in [0.2, 0.25) is 0 Å². The average Bonchev–Trinajstić information content (AvgIpc) is 2.27. The minimum absolute atomic E-state index is 0.0637. The van der Waals surface area contributed by atoms with Gasteiger partial charge in [0.05, 0.1) is 12.3 Å². The third kappa shape index (κ3) is 4.50. The van der Waals surface area contributed by atoms with Crippen molar-refractivity contribution in [3.63, 3.8) is 0 Å². The van der Waals surface area contributed by atoms with E-state index in [0.29, 0.717) is 18.8 Å². The highest BCUT2D eigenvalue weighted by atomic mass is 16.5. The molecule has 0 aliphatic carbocycles. The zero-order valence-electron chi connectivity index (χ0n) is 10.4. The van der Waals surface area contributed by atoms with E-state index in [0.717, 1.165) is 0 Å². The van der Waals surface area contributed by atoms with Crippen molar-refractivity contribution < 1.29 is 14.6 Å². The quantitative estimate of drug-likeness (QED) is 0.781. The Morgan fingerprint density at radius 1 is 1.53 bits per heavy atom. The van der Waals surface area contributed by atoms with Gasteiger partial charge in [0.2, 0.25) is 0 Å². The van der Waals surface area contributed by atoms with Gasteiger partial charge in [0, 0.05) is 19.2 Å². The molecule has 2 N–H and O–H groups in total. The lowest BCUT2D eigenvalue weighted by molar-refractivity contribution is 0.0690. The van der Waals surface area contributed by atoms with Crippen LogP contribution >= 0.6 is 0 Å². The molecule has 0 spiro atoms. The van der Waals surface area contributed by atoms with E-state index in [-0.39, 0.29) is 11.2 Å². The number of hydrogen-bond donors (Lipinski definition) is 2. The first-order chi connectivity index (χ1) is 7.94. The molecule has 0 unspecified atom stereocenters. The number of nitrogens with one attached hydrogen (secondary N) is 1. The molecule has 0 saturated carbocycles. The lowest BCUT2D eigenvalue weighted by Crippen LogP contribution is -2.42. The van der Waals surface area contributed by atoms with E-state index in [9.17, 15) is 4.79 Å². The minimum atomic E-state index is -1.01. The van der Waals surface area contributed by atoms with Crippen LogP contribution in [0.15, 0.2) is 18.2 Å². The van der Waals surface area contributed by atoms with Crippen LogP contribution in [0.4, 0.5) is 0 Å². The first-order valence-electron chi connectivity index (χ1n) is 5.38. The molecule has 5 heteroatoms. The van der Waals surface area contributed by atoms with Gasteiger partial charge in [-0.15, -0.1) is 0 Å². The number of hydrogen-bond acceptors (Lipinski definition) is 4. The highest BCUT2D eigenvalue weighted by Gasteiger charge is 2.16. The Morgan fingerprint density at radius 3 is 2.82 bits per heavy atom. The summed E-state index contributed by atoms with van der Waals surface area (Å²) in [5.41, 5.74) is 0.596. The molecule has 0 aromatic carbocycles. The van der Waals surface area contributed by atoms with Crippen molar-refractivity contribution in [3.8, 4) is 0 Å². The monoisotopic (exact) mass is 238 g/mol. The van der Waals surface area contributed by atoms with E-state index < -0.39 is 5.97 Å². The second kappa shape index (κ2) is 5.75. The van der Waals surface area contributed by atoms with Crippen LogP contribution in [0.25, 0.3) is 0 Å². The summed E-state index contributed by atoms with van der Waals surface area (Å²) in [4.78, 5) is 14.8. The zero-order valence-corrected chi connectivity index (χ0v) is 10.4. The van der Waals surface area contributed by atoms with E-state index >= 15 is 0 Å². The number of pyridine rings is 1. The van der Waals surface area contributed by atoms with Crippen molar-refractivity contribution >= 4 is 5.97 Å². The van der Waals surface area contributed by atoms with Gasteiger partial charge in [-0.1, -0.05) is 6.07 Å². The Bertz CT molecular complexity index is 391. The largest absolute Gasteiger partial charge is 0.477 e. The van der Waals surface area contributed by atoms with Crippen molar-refractivity contribution in [3.05, 3.63) is 29.6 Å². The number of aromatic nitrogens is 1. The normalized spacial score (nSPS) is 11.5. The standard InChI is InChI=1S/C12H18N2O3/c1-12(2,8-17-3)13-7-9-5-4-6-10(14-9)11(15)16/h4-6,13H,7-8H2,1-3H3,(H,15,16). The maximum absolute atomic E-state index is 10.8. The van der Waals surface area contributed by atoms with Crippen LogP contribution in [0, 0.1) is 0 Å². The number of ether oxygens (including phenoxy) is 1. The van der Waals surface area contributed by atoms with Gasteiger partial charge in [0.25, 0.3) is 0 Å². The Labute approximate surface area is 101 Å². The van der Waals surface area contributed by atoms with Crippen LogP contribution in [-0.4, -0.2) is 35.3 Å². The van der Waals surface area contributed by atoms with Crippen molar-refractivity contribution in [2.75, 3.05) is 13.7 Å². The van der Waals surface area contributed by atoms with E-state index in [4.69, 9.17) is 9.84 Å². The molecular formula is C12H18N2O3. The van der Waals surface area contributed by atoms with Gasteiger partial charge in [-0.25, -0.2) is 9.78 Å². The second-order valence-electron chi connectivity index (χ2n) is 4.49. The highest BCUT2D eigenvalue weighted by molar-refractivity contribution is 5.85. The first-order valence-corrected chi connectivity index (χ1v) is 5.38. The van der Waals surface area contributed by atoms with Gasteiger partial charge in [-0.3, -0.25) is 0 Å². The van der Waals surface area contributed by atoms with Crippen molar-refractivity contribution in [2.45, 2.75) is 25.9 Å². The molecule has 0 aliphatic heterocycles. The summed E-state index contributed by atoms with van der Waals surface area (Å²) >= 11 is 0. The summed E-state index contributed by atoms with van der Waals surface area (Å²) < 4.78 is 5.08. The topological polar surface area (TPSA) is 71.5 Å². The third-order valence-electron chi connectivity index (χ3n) is 2.28. The fourth-order valence-corrected chi connectivity index (χ4v) is 1.44. The van der Waals surface area contributed by atoms with Crippen molar-refractivity contribution in [1.29, 1.82) is 0 Å². The van der Waals surface area contributed by atoms with Gasteiger partial charge in [0.15, 0.2) is 0 Å². The first kappa shape index (κ1) is 13.6. The molecule has 5 nitrogen and oxygen atoms in total. The van der Waals surface area contributed by atoms with Crippen LogP contribution in [0.3, 0.4) is 0 Å². The maximum atomic E-state index is 10.8. The molecule has 0 fully saturated rings. The lowest BCUT2D eigenvalue weighted by Gasteiger charge is -2.25. The van der Waals surface area contributed by atoms with E-state index in [2.05, 4.69) is 10.3 Å². The van der Waals surface area contributed by atoms with Gasteiger partial charge in [-0.05, 0) is 26.0 Å². The van der Waals surface area contributed by atoms with Gasteiger partial charge < -0.3 is 15.2 Å². The number of aromatic carboxylic acids is 1. The molecule has 0 amide bonds. The molecule has 0 aliphatic rings. The third-order valence-corrected chi connectivity index (χ3v) is 2.28. The molecule has 0 saturated heterocycles. The molecule has 1 aromatic heterocycles. The minimum Gasteiger partial charge on any atom is -0.477 e. The van der Waals surface area contributed by atoms with E-state index in [1.807, 2.05) is 13.8 Å². The van der Waals surface area contributed by atoms with Crippen LogP contribution in [0.1, 0.15) is 30.0 Å². The van der Waals surface area contributed by atoms with Crippen LogP contribution in [0.5, 0.6) is 0 Å². The predicted octanol–water partition coefficient (Wildman–Crippen LogP) is 1.29. The Hall–Kier alpha value is -1.46. The number of nitrogens with zero attached hydrogens (tertiary/aromatic N) is 1. The molecule has 0 bridgehead atoms. The summed E-state index contributed by atoms with van der Waals surface area (Å²) in [6.07, 6.45) is 0. The number of carbonyl (C=O) groups is 1. The maximum Gasteiger partial charge on any atom is 0.354 e. The average molecular weight is 238 g/mol. The number of carboxylic acids is 1. The summed E-state index contributed by atoms with van der Waals surface area (Å²) in [6.45, 7) is 5.11. The van der Waals surface area contributed by atoms with Crippen LogP contribution < -0.4 is 5.32 Å². The summed E-state index contributed by atoms with van der Waals surface area (Å²) in [6, 6.07) is 4.96. The predicted molar refractivity (Wildman–Crippen MR) is 64.0 cm³/mol. The number of rotatable bonds is 6. The van der Waals surface area contributed by atoms with E-state index in [1.54, 1.807) is 19.2 Å². The van der Waals surface area contributed by atoms with Gasteiger partial charge >= 0.3 is 5.97 Å². The molecule has 1 aromatic rings. The second-order valence-corrected chi connectivity index (χ2v) is 4.49. The molecule has 1 rings (SSSR count). The molecule has 94 valence electrons. The molecule has 0 radical (unpaired) electrons. The van der Waals surface area contributed by atoms with E-state index in [1.165, 1.54) is 6.07 Å². The van der Waals surface area contributed by atoms with Gasteiger partial charge in [-0.2, -0.15) is 0 Å². The van der Waals surface area contributed by atoms with Crippen molar-refractivity contribution in [1.82, 2.24) is 10.3 Å². The molecule has 1 heterocycles. The highest BCUT2D eigenvalue weighted by Crippen LogP contribution is 2.05. The van der Waals surface area contributed by atoms with Gasteiger partial charge in [0.1, 0.15) is 5.69 Å². The van der Waals surface area contributed by atoms with Crippen LogP contribution in [-0.2, 0) is 11.3 Å². The summed E-state index contributed by atoms with van der Waals surface area (Å²) in [5.74, 6) is -1.01. The fourth-order valence-electron chi connectivity index (χ4n) is 1.44. The number of methoxy groups -OCH3 is 1. The summed E-state index contributed by atoms with van der Waals surface area (Å²) in [5, 5.41) is 12.1. The van der Waals surface area contributed by atoms with Crippen molar-refractivity contribution in [2.24, 2.45) is 0 Å². The smallest absolute Gasteiger partial charge is 0.354 e. The SMILES string of the molecule is COCC(C)(C)NCc1cccc(C(=O)O)n1. The Morgan fingerprint density at radius 2 is 2.24 bits per heavy atom. The Kier molecular flexibility index (Phi) is 4.60. The Balaban J connectivity index is 2.63. The molecule has 0 atom stereocenters. The molecular weight excluding hydrogens is 220 g/mol. The number of carboxylic acid groups (broad SMARTS) is 1. The fraction of sp³-hybridized carbons (Fsp3) is 0.500. The zero-order chi connectivity index (χ0) is 12.9. The lowest BCUT2D eigenvalue weighted by atomic mass is 10.1. The summed E-state index contributed by atoms with van der Waals surface area (Å²) in [7, 11) is 1.65. The molecule has 17 heavy (non-hydrogen) atoms.